The van der Waals surface area contributed by atoms with E-state index in [1.807, 2.05) is 0 Å². The Morgan fingerprint density at radius 1 is 0.556 bits per heavy atom. The fourth-order valence-corrected chi connectivity index (χ4v) is 31.1. The summed E-state index contributed by atoms with van der Waals surface area (Å²) in [4.78, 5) is 0. The van der Waals surface area contributed by atoms with Gasteiger partial charge in [0.2, 0.25) is 0 Å². The van der Waals surface area contributed by atoms with Crippen LogP contribution in [0.3, 0.4) is 0 Å². The van der Waals surface area contributed by atoms with Crippen LogP contribution in [0, 0.1) is 0 Å². The zero-order chi connectivity index (χ0) is 24.9. The summed E-state index contributed by atoms with van der Waals surface area (Å²) in [5.41, 5.74) is 0. The first kappa shape index (κ1) is 24.9. The zero-order valence-corrected chi connectivity index (χ0v) is 27.2. The molecule has 0 bridgehead atoms. The molecular formula is C30H27Cl2P2SiZr. The quantitative estimate of drug-likeness (QED) is 0.165. The SMILES string of the molecule is C[SiH](C)[Zr]([Cl])([Cl])([c]1cccc(-p2ccc3ccccc32)c1)[c]1cccc(-p2ccc3ccccc32)c1. The van der Waals surface area contributed by atoms with Crippen LogP contribution in [0.2, 0.25) is 13.1 Å². The van der Waals surface area contributed by atoms with Crippen LogP contribution in [-0.2, 0) is 15.6 Å². The molecule has 6 aromatic rings. The van der Waals surface area contributed by atoms with Gasteiger partial charge in [-0.05, 0) is 0 Å². The van der Waals surface area contributed by atoms with Crippen molar-refractivity contribution in [2.45, 2.75) is 13.1 Å². The first-order valence-electron chi connectivity index (χ1n) is 12.3. The molecular weight excluding hydrogens is 612 g/mol. The average Bonchev–Trinajstić information content (AvgIpc) is 3.54. The molecule has 0 N–H and O–H groups in total. The van der Waals surface area contributed by atoms with Crippen LogP contribution in [-0.4, -0.2) is 5.92 Å². The fraction of sp³-hybridized carbons (Fsp3) is 0.0667. The van der Waals surface area contributed by atoms with Crippen LogP contribution < -0.4 is 6.54 Å². The van der Waals surface area contributed by atoms with Gasteiger partial charge in [0.15, 0.2) is 0 Å². The van der Waals surface area contributed by atoms with Gasteiger partial charge < -0.3 is 0 Å². The summed E-state index contributed by atoms with van der Waals surface area (Å²) in [5, 5.41) is 8.17. The van der Waals surface area contributed by atoms with Gasteiger partial charge in [-0.2, -0.15) is 0 Å². The van der Waals surface area contributed by atoms with E-state index in [9.17, 15) is 0 Å². The van der Waals surface area contributed by atoms with Crippen molar-refractivity contribution >= 4 is 65.6 Å². The van der Waals surface area contributed by atoms with Crippen molar-refractivity contribution in [2.24, 2.45) is 0 Å². The van der Waals surface area contributed by atoms with E-state index < -0.39 is 36.5 Å². The predicted molar refractivity (Wildman–Crippen MR) is 166 cm³/mol. The van der Waals surface area contributed by atoms with E-state index in [0.717, 1.165) is 0 Å². The van der Waals surface area contributed by atoms with E-state index in [0.29, 0.717) is 0 Å². The molecule has 0 aliphatic carbocycles. The third-order valence-electron chi connectivity index (χ3n) is 7.52. The molecule has 0 fully saturated rings. The van der Waals surface area contributed by atoms with Gasteiger partial charge in [-0.15, -0.1) is 0 Å². The molecule has 2 aromatic heterocycles. The van der Waals surface area contributed by atoms with Crippen LogP contribution in [0.25, 0.3) is 31.6 Å². The van der Waals surface area contributed by atoms with Gasteiger partial charge in [0.05, 0.1) is 0 Å². The topological polar surface area (TPSA) is 0 Å². The molecule has 0 saturated carbocycles. The van der Waals surface area contributed by atoms with Crippen LogP contribution in [0.5, 0.6) is 0 Å². The zero-order valence-electron chi connectivity index (χ0n) is 20.3. The predicted octanol–water partition coefficient (Wildman–Crippen LogP) is 9.88. The molecule has 0 nitrogen and oxygen atoms in total. The van der Waals surface area contributed by atoms with Gasteiger partial charge in [0, 0.05) is 0 Å². The summed E-state index contributed by atoms with van der Waals surface area (Å²) in [6.45, 7) is 4.69. The molecule has 2 heterocycles. The van der Waals surface area contributed by atoms with Crippen LogP contribution >= 0.6 is 32.1 Å². The molecule has 179 valence electrons. The van der Waals surface area contributed by atoms with E-state index >= 15 is 0 Å². The fourth-order valence-electron chi connectivity index (χ4n) is 5.33. The van der Waals surface area contributed by atoms with Crippen LogP contribution in [0.15, 0.2) is 121 Å². The van der Waals surface area contributed by atoms with Crippen molar-refractivity contribution in [3.8, 4) is 10.6 Å². The summed E-state index contributed by atoms with van der Waals surface area (Å²) in [6.07, 6.45) is 0. The normalized spacial score (nSPS) is 14.3. The van der Waals surface area contributed by atoms with E-state index in [-0.39, 0.29) is 0 Å². The monoisotopic (exact) mass is 637 g/mol. The molecule has 2 unspecified atom stereocenters. The molecule has 4 aromatic carbocycles. The third kappa shape index (κ3) is 3.98. The van der Waals surface area contributed by atoms with Gasteiger partial charge in [-0.25, -0.2) is 0 Å². The molecule has 6 rings (SSSR count). The molecule has 0 saturated heterocycles. The summed E-state index contributed by atoms with van der Waals surface area (Å²) in [7, 11) is 14.9. The van der Waals surface area contributed by atoms with Gasteiger partial charge in [-0.1, -0.05) is 0 Å². The molecule has 0 radical (unpaired) electrons. The van der Waals surface area contributed by atoms with Crippen molar-refractivity contribution in [2.75, 3.05) is 0 Å². The maximum atomic E-state index is 7.95. The average molecular weight is 640 g/mol. The summed E-state index contributed by atoms with van der Waals surface area (Å²) >= 11 is -4.53. The minimum atomic E-state index is -4.53. The van der Waals surface area contributed by atoms with Gasteiger partial charge in [0.1, 0.15) is 0 Å². The van der Waals surface area contributed by atoms with Gasteiger partial charge in [0.25, 0.3) is 0 Å². The summed E-state index contributed by atoms with van der Waals surface area (Å²) in [5.74, 6) is 3.24. The minimum absolute atomic E-state index is 0.527. The molecule has 2 atom stereocenters. The second-order valence-electron chi connectivity index (χ2n) is 9.83. The first-order chi connectivity index (χ1) is 17.4. The Bertz CT molecular complexity index is 1610. The van der Waals surface area contributed by atoms with Crippen molar-refractivity contribution in [1.82, 2.24) is 0 Å². The number of halogens is 2. The van der Waals surface area contributed by atoms with E-state index in [1.165, 1.54) is 38.2 Å². The van der Waals surface area contributed by atoms with E-state index in [2.05, 4.69) is 134 Å². The Balaban J connectivity index is 1.52. The van der Waals surface area contributed by atoms with E-state index in [4.69, 9.17) is 17.0 Å². The number of fused-ring (bicyclic) bond motifs is 2. The Labute approximate surface area is 223 Å². The van der Waals surface area contributed by atoms with Crippen LogP contribution in [0.4, 0.5) is 0 Å². The van der Waals surface area contributed by atoms with E-state index in [1.54, 1.807) is 0 Å². The number of rotatable bonds is 5. The Morgan fingerprint density at radius 2 is 1.00 bits per heavy atom. The number of benzene rings is 4. The molecule has 0 aliphatic heterocycles. The Morgan fingerprint density at radius 3 is 1.44 bits per heavy atom. The number of hydrogen-bond acceptors (Lipinski definition) is 0. The molecule has 0 amide bonds. The molecule has 0 aliphatic rings. The van der Waals surface area contributed by atoms with Crippen molar-refractivity contribution < 1.29 is 15.6 Å². The molecule has 6 heteroatoms. The standard InChI is InChI=1S/2C14H10P.C2H7Si.2ClH.Zr/c2*1-2-7-13(8-3-1)15-11-10-12-6-4-5-9-14(12)15;1-3-2;;;/h2*1-2,4-11H;3H,1-2H3;2*1H;/q;;;;;+2/p-2. The second kappa shape index (κ2) is 9.43. The van der Waals surface area contributed by atoms with Crippen molar-refractivity contribution in [3.05, 3.63) is 121 Å². The first-order valence-corrected chi connectivity index (χ1v) is 31.0. The van der Waals surface area contributed by atoms with Gasteiger partial charge >= 0.3 is 226 Å². The Hall–Kier alpha value is -1.36. The Kier molecular flexibility index (Phi) is 6.54. The molecule has 0 spiro atoms. The van der Waals surface area contributed by atoms with Crippen molar-refractivity contribution in [1.29, 1.82) is 0 Å². The van der Waals surface area contributed by atoms with Gasteiger partial charge in [-0.3, -0.25) is 0 Å². The summed E-state index contributed by atoms with van der Waals surface area (Å²) in [6, 6.07) is 40.0. The maximum absolute atomic E-state index is 7.95. The summed E-state index contributed by atoms with van der Waals surface area (Å²) < 4.78 is 2.40. The van der Waals surface area contributed by atoms with Crippen molar-refractivity contribution in [3.63, 3.8) is 0 Å². The third-order valence-corrected chi connectivity index (χ3v) is 60.2. The second-order valence-corrected chi connectivity index (χ2v) is 54.5. The number of hydrogen-bond donors (Lipinski definition) is 0. The van der Waals surface area contributed by atoms with Crippen LogP contribution in [0.1, 0.15) is 0 Å². The molecule has 36 heavy (non-hydrogen) atoms.